The highest BCUT2D eigenvalue weighted by Gasteiger charge is 2.22. The highest BCUT2D eigenvalue weighted by Crippen LogP contribution is 2.27. The molecule has 0 bridgehead atoms. The molecule has 8 heteroatoms. The lowest BCUT2D eigenvalue weighted by Crippen LogP contribution is -2.33. The monoisotopic (exact) mass is 421 g/mol. The van der Waals surface area contributed by atoms with Gasteiger partial charge in [-0.2, -0.15) is 0 Å². The van der Waals surface area contributed by atoms with E-state index in [-0.39, 0.29) is 11.9 Å². The van der Waals surface area contributed by atoms with Gasteiger partial charge in [-0.3, -0.25) is 14.3 Å². The van der Waals surface area contributed by atoms with Gasteiger partial charge in [0, 0.05) is 23.8 Å². The first-order valence-corrected chi connectivity index (χ1v) is 10.5. The van der Waals surface area contributed by atoms with Gasteiger partial charge in [0.25, 0.3) is 0 Å². The van der Waals surface area contributed by atoms with Gasteiger partial charge in [0.1, 0.15) is 0 Å². The molecule has 152 valence electrons. The summed E-state index contributed by atoms with van der Waals surface area (Å²) in [4.78, 5) is 16.5. The number of carbonyl (C=O) groups is 1. The summed E-state index contributed by atoms with van der Waals surface area (Å²) in [5.74, 6) is 1.17. The van der Waals surface area contributed by atoms with Gasteiger partial charge in [0.15, 0.2) is 11.0 Å². The summed E-state index contributed by atoms with van der Waals surface area (Å²) in [6.45, 7) is 11.1. The maximum atomic E-state index is 12.6. The van der Waals surface area contributed by atoms with E-state index in [0.717, 1.165) is 17.1 Å². The number of rotatable bonds is 9. The van der Waals surface area contributed by atoms with Crippen LogP contribution in [-0.4, -0.2) is 63.4 Å². The fourth-order valence-electron chi connectivity index (χ4n) is 2.63. The molecule has 0 fully saturated rings. The number of hydrogen-bond donors (Lipinski definition) is 0. The van der Waals surface area contributed by atoms with Gasteiger partial charge >= 0.3 is 0 Å². The van der Waals surface area contributed by atoms with Gasteiger partial charge in [0.2, 0.25) is 5.91 Å². The third kappa shape index (κ3) is 5.59. The summed E-state index contributed by atoms with van der Waals surface area (Å²) in [6.07, 6.45) is 0. The first-order valence-electron chi connectivity index (χ1n) is 9.17. The van der Waals surface area contributed by atoms with Crippen LogP contribution in [0.15, 0.2) is 41.6 Å². The summed E-state index contributed by atoms with van der Waals surface area (Å²) in [7, 11) is 4.00. The summed E-state index contributed by atoms with van der Waals surface area (Å²) in [5, 5.41) is 10.1. The number of benzene rings is 1. The van der Waals surface area contributed by atoms with Crippen molar-refractivity contribution in [2.45, 2.75) is 32.0 Å². The largest absolute Gasteiger partial charge is 0.338 e. The molecule has 1 heterocycles. The van der Waals surface area contributed by atoms with E-state index in [9.17, 15) is 4.79 Å². The first kappa shape index (κ1) is 22.5. The van der Waals surface area contributed by atoms with Crippen LogP contribution >= 0.6 is 23.4 Å². The zero-order valence-electron chi connectivity index (χ0n) is 17.1. The van der Waals surface area contributed by atoms with E-state index in [1.807, 2.05) is 56.8 Å². The van der Waals surface area contributed by atoms with Crippen LogP contribution in [0.2, 0.25) is 5.02 Å². The first-order chi connectivity index (χ1) is 13.2. The molecule has 1 aromatic heterocycles. The molecule has 28 heavy (non-hydrogen) atoms. The molecule has 6 nitrogen and oxygen atoms in total. The van der Waals surface area contributed by atoms with Gasteiger partial charge in [-0.25, -0.2) is 0 Å². The van der Waals surface area contributed by atoms with Crippen molar-refractivity contribution in [1.29, 1.82) is 0 Å². The number of carbonyl (C=O) groups excluding carboxylic acids is 1. The molecule has 1 atom stereocenters. The van der Waals surface area contributed by atoms with Crippen molar-refractivity contribution in [3.05, 3.63) is 47.3 Å². The summed E-state index contributed by atoms with van der Waals surface area (Å²) >= 11 is 7.44. The van der Waals surface area contributed by atoms with E-state index < -0.39 is 0 Å². The molecule has 0 N–H and O–H groups in total. The lowest BCUT2D eigenvalue weighted by molar-refractivity contribution is -0.127. The van der Waals surface area contributed by atoms with Crippen LogP contribution in [0.1, 0.15) is 32.6 Å². The van der Waals surface area contributed by atoms with Crippen LogP contribution < -0.4 is 0 Å². The second kappa shape index (κ2) is 10.1. The maximum absolute atomic E-state index is 12.6. The van der Waals surface area contributed by atoms with Crippen LogP contribution in [0, 0.1) is 0 Å². The Bertz CT molecular complexity index is 819. The molecule has 1 aromatic carbocycles. The Kier molecular flexibility index (Phi) is 8.10. The van der Waals surface area contributed by atoms with Crippen molar-refractivity contribution in [2.75, 3.05) is 32.9 Å². The zero-order valence-corrected chi connectivity index (χ0v) is 18.7. The number of likely N-dealkylation sites (N-methyl/N-ethyl adjacent to an activating group) is 1. The van der Waals surface area contributed by atoms with Gasteiger partial charge in [-0.1, -0.05) is 35.5 Å². The molecule has 0 aliphatic carbocycles. The third-order valence-electron chi connectivity index (χ3n) is 4.41. The van der Waals surface area contributed by atoms with E-state index in [4.69, 9.17) is 11.6 Å². The highest BCUT2D eigenvalue weighted by atomic mass is 35.5. The second-order valence-electron chi connectivity index (χ2n) is 6.95. The van der Waals surface area contributed by atoms with E-state index in [1.54, 1.807) is 4.90 Å². The SMILES string of the molecule is C=C(C)CN(CC)C(=O)CSc1nnc([C@@H](C)N(C)C)n1-c1ccc(Cl)cc1. The molecule has 2 rings (SSSR count). The van der Waals surface area contributed by atoms with Crippen LogP contribution in [0.5, 0.6) is 0 Å². The summed E-state index contributed by atoms with van der Waals surface area (Å²) < 4.78 is 1.99. The van der Waals surface area contributed by atoms with Crippen molar-refractivity contribution >= 4 is 29.3 Å². The van der Waals surface area contributed by atoms with Crippen molar-refractivity contribution in [3.63, 3.8) is 0 Å². The minimum atomic E-state index is 0.0587. The number of nitrogens with zero attached hydrogens (tertiary/aromatic N) is 5. The minimum Gasteiger partial charge on any atom is -0.338 e. The molecular weight excluding hydrogens is 394 g/mol. The molecule has 0 unspecified atom stereocenters. The fraction of sp³-hybridized carbons (Fsp3) is 0.450. The Morgan fingerprint density at radius 3 is 2.46 bits per heavy atom. The fourth-order valence-corrected chi connectivity index (χ4v) is 3.62. The molecule has 0 radical (unpaired) electrons. The smallest absolute Gasteiger partial charge is 0.233 e. The van der Waals surface area contributed by atoms with E-state index in [2.05, 4.69) is 28.6 Å². The lowest BCUT2D eigenvalue weighted by atomic mass is 10.2. The molecule has 0 saturated heterocycles. The number of hydrogen-bond acceptors (Lipinski definition) is 5. The quantitative estimate of drug-likeness (QED) is 0.451. The minimum absolute atomic E-state index is 0.0587. The highest BCUT2D eigenvalue weighted by molar-refractivity contribution is 7.99. The molecule has 0 saturated carbocycles. The van der Waals surface area contributed by atoms with Gasteiger partial charge in [-0.05, 0) is 59.1 Å². The second-order valence-corrected chi connectivity index (χ2v) is 8.32. The van der Waals surface area contributed by atoms with E-state index >= 15 is 0 Å². The van der Waals surface area contributed by atoms with Crippen LogP contribution in [0.4, 0.5) is 0 Å². The van der Waals surface area contributed by atoms with Gasteiger partial charge < -0.3 is 4.90 Å². The normalized spacial score (nSPS) is 12.2. The third-order valence-corrected chi connectivity index (χ3v) is 5.58. The Morgan fingerprint density at radius 1 is 1.29 bits per heavy atom. The Hall–Kier alpha value is -1.83. The topological polar surface area (TPSA) is 54.3 Å². The Labute approximate surface area is 176 Å². The average molecular weight is 422 g/mol. The van der Waals surface area contributed by atoms with Gasteiger partial charge in [-0.15, -0.1) is 10.2 Å². The summed E-state index contributed by atoms with van der Waals surface area (Å²) in [6, 6.07) is 7.60. The molecule has 0 aliphatic heterocycles. The van der Waals surface area contributed by atoms with Crippen molar-refractivity contribution < 1.29 is 4.79 Å². The van der Waals surface area contributed by atoms with Gasteiger partial charge in [0.05, 0.1) is 11.8 Å². The van der Waals surface area contributed by atoms with Crippen molar-refractivity contribution in [3.8, 4) is 5.69 Å². The van der Waals surface area contributed by atoms with Crippen molar-refractivity contribution in [1.82, 2.24) is 24.6 Å². The number of thioether (sulfide) groups is 1. The molecular formula is C20H28ClN5OS. The lowest BCUT2D eigenvalue weighted by Gasteiger charge is -2.21. The number of halogens is 1. The van der Waals surface area contributed by atoms with Crippen LogP contribution in [0.25, 0.3) is 5.69 Å². The zero-order chi connectivity index (χ0) is 20.8. The predicted molar refractivity (Wildman–Crippen MR) is 116 cm³/mol. The number of aromatic nitrogens is 3. The van der Waals surface area contributed by atoms with E-state index in [0.29, 0.717) is 29.0 Å². The van der Waals surface area contributed by atoms with Crippen LogP contribution in [0.3, 0.4) is 0 Å². The Balaban J connectivity index is 2.30. The van der Waals surface area contributed by atoms with Crippen LogP contribution in [-0.2, 0) is 4.79 Å². The predicted octanol–water partition coefficient (Wildman–Crippen LogP) is 4.06. The standard InChI is InChI=1S/C20H28ClN5OS/c1-7-25(12-14(2)3)18(27)13-28-20-23-22-19(15(4)24(5)6)26(20)17-10-8-16(21)9-11-17/h8-11,15H,2,7,12-13H2,1,3-6H3/t15-/m1/s1. The maximum Gasteiger partial charge on any atom is 0.233 e. The molecule has 0 aliphatic rings. The van der Waals surface area contributed by atoms with Crippen molar-refractivity contribution in [2.24, 2.45) is 0 Å². The number of amides is 1. The van der Waals surface area contributed by atoms with E-state index in [1.165, 1.54) is 11.8 Å². The Morgan fingerprint density at radius 2 is 1.93 bits per heavy atom. The molecule has 2 aromatic rings. The molecule has 1 amide bonds. The average Bonchev–Trinajstić information content (AvgIpc) is 3.07. The molecule has 0 spiro atoms. The summed E-state index contributed by atoms with van der Waals surface area (Å²) in [5.41, 5.74) is 1.88.